The highest BCUT2D eigenvalue weighted by molar-refractivity contribution is 6.32. The first kappa shape index (κ1) is 14.9. The molecule has 1 atom stereocenters. The summed E-state index contributed by atoms with van der Waals surface area (Å²) in [7, 11) is 0. The number of nitrogens with zero attached hydrogens (tertiary/aromatic N) is 2. The molecule has 0 spiro atoms. The summed E-state index contributed by atoms with van der Waals surface area (Å²) in [6.07, 6.45) is 3.80. The zero-order valence-corrected chi connectivity index (χ0v) is 12.9. The van der Waals surface area contributed by atoms with Gasteiger partial charge in [0.05, 0.1) is 5.02 Å². The highest BCUT2D eigenvalue weighted by atomic mass is 35.5. The van der Waals surface area contributed by atoms with Gasteiger partial charge in [0.15, 0.2) is 6.61 Å². The van der Waals surface area contributed by atoms with E-state index >= 15 is 0 Å². The van der Waals surface area contributed by atoms with E-state index < -0.39 is 0 Å². The zero-order valence-electron chi connectivity index (χ0n) is 12.2. The van der Waals surface area contributed by atoms with Gasteiger partial charge in [0.1, 0.15) is 5.75 Å². The Hall–Kier alpha value is -2.01. The number of carbonyl (C=O) groups excluding carboxylic acids is 1. The van der Waals surface area contributed by atoms with Crippen LogP contribution in [0.1, 0.15) is 24.5 Å². The molecule has 3 rings (SSSR count). The molecule has 1 aromatic heterocycles. The first-order chi connectivity index (χ1) is 10.7. The zero-order chi connectivity index (χ0) is 15.4. The largest absolute Gasteiger partial charge is 0.482 e. The van der Waals surface area contributed by atoms with Crippen LogP contribution in [-0.4, -0.2) is 40.7 Å². The first-order valence-corrected chi connectivity index (χ1v) is 7.76. The predicted molar refractivity (Wildman–Crippen MR) is 84.1 cm³/mol. The average molecular weight is 320 g/mol. The minimum atomic E-state index is -0.0101. The average Bonchev–Trinajstić information content (AvgIpc) is 3.08. The maximum Gasteiger partial charge on any atom is 0.260 e. The van der Waals surface area contributed by atoms with Crippen molar-refractivity contribution in [3.8, 4) is 5.75 Å². The van der Waals surface area contributed by atoms with Gasteiger partial charge in [-0.3, -0.25) is 9.89 Å². The molecule has 0 bridgehead atoms. The Morgan fingerprint density at radius 2 is 2.27 bits per heavy atom. The minimum Gasteiger partial charge on any atom is -0.482 e. The van der Waals surface area contributed by atoms with Gasteiger partial charge < -0.3 is 9.64 Å². The molecule has 5 nitrogen and oxygen atoms in total. The molecule has 0 unspecified atom stereocenters. The molecule has 1 saturated heterocycles. The van der Waals surface area contributed by atoms with Crippen LogP contribution in [0.15, 0.2) is 36.5 Å². The summed E-state index contributed by atoms with van der Waals surface area (Å²) >= 11 is 6.02. The topological polar surface area (TPSA) is 58.2 Å². The van der Waals surface area contributed by atoms with Gasteiger partial charge in [-0.15, -0.1) is 0 Å². The normalized spacial score (nSPS) is 18.2. The number of para-hydroxylation sites is 1. The van der Waals surface area contributed by atoms with Gasteiger partial charge in [0, 0.05) is 30.9 Å². The minimum absolute atomic E-state index is 0.0101. The van der Waals surface area contributed by atoms with Crippen LogP contribution >= 0.6 is 11.6 Å². The number of amides is 1. The summed E-state index contributed by atoms with van der Waals surface area (Å²) in [6, 6.07) is 9.14. The number of aromatic nitrogens is 2. The van der Waals surface area contributed by atoms with E-state index in [1.807, 2.05) is 23.1 Å². The molecule has 0 saturated carbocycles. The van der Waals surface area contributed by atoms with E-state index in [0.29, 0.717) is 23.2 Å². The van der Waals surface area contributed by atoms with E-state index in [2.05, 4.69) is 10.2 Å². The van der Waals surface area contributed by atoms with Gasteiger partial charge in [-0.25, -0.2) is 0 Å². The molecular formula is C16H18ClN3O2. The lowest BCUT2D eigenvalue weighted by molar-refractivity contribution is -0.134. The molecule has 1 aliphatic heterocycles. The van der Waals surface area contributed by atoms with Crippen LogP contribution in [0.4, 0.5) is 0 Å². The number of aromatic amines is 1. The molecule has 0 radical (unpaired) electrons. The lowest BCUT2D eigenvalue weighted by Crippen LogP contribution is -2.41. The summed E-state index contributed by atoms with van der Waals surface area (Å²) in [5.41, 5.74) is 1.09. The van der Waals surface area contributed by atoms with Crippen molar-refractivity contribution in [3.05, 3.63) is 47.2 Å². The quantitative estimate of drug-likeness (QED) is 0.942. The summed E-state index contributed by atoms with van der Waals surface area (Å²) in [5.74, 6) is 0.851. The number of carbonyl (C=O) groups is 1. The van der Waals surface area contributed by atoms with Crippen molar-refractivity contribution in [3.63, 3.8) is 0 Å². The van der Waals surface area contributed by atoms with Crippen LogP contribution < -0.4 is 4.74 Å². The highest BCUT2D eigenvalue weighted by Gasteiger charge is 2.25. The smallest absolute Gasteiger partial charge is 0.260 e. The monoisotopic (exact) mass is 319 g/mol. The molecule has 1 N–H and O–H groups in total. The first-order valence-electron chi connectivity index (χ1n) is 7.38. The van der Waals surface area contributed by atoms with Crippen LogP contribution in [0.25, 0.3) is 0 Å². The van der Waals surface area contributed by atoms with Crippen molar-refractivity contribution in [1.82, 2.24) is 15.1 Å². The van der Waals surface area contributed by atoms with E-state index in [-0.39, 0.29) is 12.5 Å². The van der Waals surface area contributed by atoms with Crippen molar-refractivity contribution >= 4 is 17.5 Å². The number of rotatable bonds is 4. The SMILES string of the molecule is O=C(COc1ccccc1Cl)N1CCC[C@H](c2ccn[nH]2)C1. The maximum atomic E-state index is 12.3. The molecular weight excluding hydrogens is 302 g/mol. The van der Waals surface area contributed by atoms with Gasteiger partial charge in [0.2, 0.25) is 0 Å². The van der Waals surface area contributed by atoms with Crippen molar-refractivity contribution in [2.24, 2.45) is 0 Å². The fraction of sp³-hybridized carbons (Fsp3) is 0.375. The third-order valence-electron chi connectivity index (χ3n) is 3.92. The predicted octanol–water partition coefficient (Wildman–Crippen LogP) is 2.85. The number of H-pyrrole nitrogens is 1. The second kappa shape index (κ2) is 6.83. The van der Waals surface area contributed by atoms with Gasteiger partial charge in [-0.05, 0) is 31.0 Å². The Kier molecular flexibility index (Phi) is 4.63. The van der Waals surface area contributed by atoms with Crippen LogP contribution in [0, 0.1) is 0 Å². The van der Waals surface area contributed by atoms with E-state index in [1.54, 1.807) is 18.3 Å². The third kappa shape index (κ3) is 3.42. The fourth-order valence-electron chi connectivity index (χ4n) is 2.74. The van der Waals surface area contributed by atoms with Gasteiger partial charge >= 0.3 is 0 Å². The Labute approximate surface area is 134 Å². The van der Waals surface area contributed by atoms with Crippen LogP contribution in [0.5, 0.6) is 5.75 Å². The van der Waals surface area contributed by atoms with Crippen LogP contribution in [-0.2, 0) is 4.79 Å². The standard InChI is InChI=1S/C16H18ClN3O2/c17-13-5-1-2-6-15(13)22-11-16(21)20-9-3-4-12(10-20)14-7-8-18-19-14/h1-2,5-8,12H,3-4,9-11H2,(H,18,19)/t12-/m0/s1. The number of likely N-dealkylation sites (tertiary alicyclic amines) is 1. The van der Waals surface area contributed by atoms with E-state index in [1.165, 1.54) is 0 Å². The van der Waals surface area contributed by atoms with Crippen molar-refractivity contribution in [1.29, 1.82) is 0 Å². The number of nitrogens with one attached hydrogen (secondary N) is 1. The number of ether oxygens (including phenoxy) is 1. The molecule has 1 aliphatic rings. The Bertz CT molecular complexity index is 630. The Morgan fingerprint density at radius 3 is 3.05 bits per heavy atom. The molecule has 2 heterocycles. The van der Waals surface area contributed by atoms with E-state index in [0.717, 1.165) is 25.1 Å². The number of hydrogen-bond acceptors (Lipinski definition) is 3. The molecule has 116 valence electrons. The fourth-order valence-corrected chi connectivity index (χ4v) is 2.93. The molecule has 2 aromatic rings. The molecule has 6 heteroatoms. The molecule has 0 aliphatic carbocycles. The Morgan fingerprint density at radius 1 is 1.41 bits per heavy atom. The molecule has 1 fully saturated rings. The van der Waals surface area contributed by atoms with Gasteiger partial charge in [-0.1, -0.05) is 23.7 Å². The highest BCUT2D eigenvalue weighted by Crippen LogP contribution is 2.26. The lowest BCUT2D eigenvalue weighted by atomic mass is 9.95. The molecule has 1 amide bonds. The van der Waals surface area contributed by atoms with Crippen molar-refractivity contribution in [2.75, 3.05) is 19.7 Å². The summed E-state index contributed by atoms with van der Waals surface area (Å²) in [5, 5.41) is 7.50. The number of benzene rings is 1. The van der Waals surface area contributed by atoms with Gasteiger partial charge in [0.25, 0.3) is 5.91 Å². The van der Waals surface area contributed by atoms with E-state index in [4.69, 9.17) is 16.3 Å². The van der Waals surface area contributed by atoms with Crippen molar-refractivity contribution < 1.29 is 9.53 Å². The summed E-state index contributed by atoms with van der Waals surface area (Å²) in [4.78, 5) is 14.2. The van der Waals surface area contributed by atoms with Crippen LogP contribution in [0.2, 0.25) is 5.02 Å². The van der Waals surface area contributed by atoms with E-state index in [9.17, 15) is 4.79 Å². The number of piperidine rings is 1. The third-order valence-corrected chi connectivity index (χ3v) is 4.24. The number of halogens is 1. The van der Waals surface area contributed by atoms with Crippen molar-refractivity contribution in [2.45, 2.75) is 18.8 Å². The number of hydrogen-bond donors (Lipinski definition) is 1. The summed E-state index contributed by atoms with van der Waals surface area (Å²) in [6.45, 7) is 1.49. The summed E-state index contributed by atoms with van der Waals surface area (Å²) < 4.78 is 5.53. The van der Waals surface area contributed by atoms with Crippen LogP contribution in [0.3, 0.4) is 0 Å². The van der Waals surface area contributed by atoms with Gasteiger partial charge in [-0.2, -0.15) is 5.10 Å². The molecule has 22 heavy (non-hydrogen) atoms. The second-order valence-corrected chi connectivity index (χ2v) is 5.82. The lowest BCUT2D eigenvalue weighted by Gasteiger charge is -2.32. The maximum absolute atomic E-state index is 12.3. The second-order valence-electron chi connectivity index (χ2n) is 5.41. The molecule has 1 aromatic carbocycles. The Balaban J connectivity index is 1.57.